The fourth-order valence-corrected chi connectivity index (χ4v) is 2.58. The van der Waals surface area contributed by atoms with Crippen molar-refractivity contribution in [3.05, 3.63) is 23.9 Å². The first-order valence-electron chi connectivity index (χ1n) is 7.66. The molecule has 0 aromatic carbocycles. The average Bonchev–Trinajstić information content (AvgIpc) is 2.96. The van der Waals surface area contributed by atoms with Crippen molar-refractivity contribution in [1.29, 1.82) is 0 Å². The Morgan fingerprint density at radius 2 is 2.25 bits per heavy atom. The van der Waals surface area contributed by atoms with E-state index in [-0.39, 0.29) is 6.04 Å². The Morgan fingerprint density at radius 3 is 2.92 bits per heavy atom. The quantitative estimate of drug-likeness (QED) is 0.624. The highest BCUT2D eigenvalue weighted by atomic mass is 19.4. The smallest absolute Gasteiger partial charge is 0.401 e. The third-order valence-electron chi connectivity index (χ3n) is 3.67. The molecular weight excluding hydrogens is 323 g/mol. The van der Waals surface area contributed by atoms with Gasteiger partial charge in [-0.05, 0) is 12.5 Å². The molecule has 0 radical (unpaired) electrons. The summed E-state index contributed by atoms with van der Waals surface area (Å²) >= 11 is 0. The van der Waals surface area contributed by atoms with E-state index >= 15 is 0 Å². The summed E-state index contributed by atoms with van der Waals surface area (Å²) in [4.78, 5) is 9.78. The maximum Gasteiger partial charge on any atom is 0.401 e. The van der Waals surface area contributed by atoms with Crippen LogP contribution in [0.5, 0.6) is 5.88 Å². The zero-order valence-electron chi connectivity index (χ0n) is 13.7. The molecule has 0 bridgehead atoms. The van der Waals surface area contributed by atoms with Crippen molar-refractivity contribution in [3.8, 4) is 5.88 Å². The van der Waals surface area contributed by atoms with E-state index in [1.54, 1.807) is 20.2 Å². The van der Waals surface area contributed by atoms with Crippen LogP contribution < -0.4 is 15.4 Å². The molecule has 1 aromatic heterocycles. The number of likely N-dealkylation sites (tertiary alicyclic amines) is 1. The van der Waals surface area contributed by atoms with E-state index < -0.39 is 12.7 Å². The largest absolute Gasteiger partial charge is 0.481 e. The van der Waals surface area contributed by atoms with Gasteiger partial charge in [-0.15, -0.1) is 0 Å². The summed E-state index contributed by atoms with van der Waals surface area (Å²) in [5.74, 6) is 1.06. The lowest BCUT2D eigenvalue weighted by atomic mass is 10.3. The summed E-state index contributed by atoms with van der Waals surface area (Å²) in [6.45, 7) is 0.337. The number of guanidine groups is 1. The molecule has 1 atom stereocenters. The standard InChI is InChI=1S/C15H22F3N5O/c1-19-14(20-8-11-4-3-5-13(21-11)24-2)22-12-6-7-23(9-12)10-15(16,17)18/h3-5,12H,6-10H2,1-2H3,(H2,19,20,22). The second kappa shape index (κ2) is 8.18. The SMILES string of the molecule is CN=C(NCc1cccc(OC)n1)NC1CCN(CC(F)(F)F)C1. The monoisotopic (exact) mass is 345 g/mol. The lowest BCUT2D eigenvalue weighted by molar-refractivity contribution is -0.143. The van der Waals surface area contributed by atoms with E-state index in [2.05, 4.69) is 20.6 Å². The van der Waals surface area contributed by atoms with Gasteiger partial charge in [-0.1, -0.05) is 6.07 Å². The first-order valence-corrected chi connectivity index (χ1v) is 7.66. The first-order chi connectivity index (χ1) is 11.4. The number of alkyl halides is 3. The number of hydrogen-bond donors (Lipinski definition) is 2. The molecule has 6 nitrogen and oxygen atoms in total. The summed E-state index contributed by atoms with van der Waals surface area (Å²) in [7, 11) is 3.17. The summed E-state index contributed by atoms with van der Waals surface area (Å²) < 4.78 is 42.3. The predicted octanol–water partition coefficient (Wildman–Crippen LogP) is 1.39. The van der Waals surface area contributed by atoms with Gasteiger partial charge in [0.25, 0.3) is 0 Å². The molecule has 1 aromatic rings. The molecule has 0 aliphatic carbocycles. The van der Waals surface area contributed by atoms with Gasteiger partial charge in [0.1, 0.15) is 0 Å². The molecule has 1 aliphatic heterocycles. The highest BCUT2D eigenvalue weighted by Crippen LogP contribution is 2.19. The highest BCUT2D eigenvalue weighted by molar-refractivity contribution is 5.79. The van der Waals surface area contributed by atoms with Crippen LogP contribution in [-0.4, -0.2) is 61.9 Å². The van der Waals surface area contributed by atoms with E-state index in [9.17, 15) is 13.2 Å². The normalized spacial score (nSPS) is 19.4. The van der Waals surface area contributed by atoms with Gasteiger partial charge in [-0.2, -0.15) is 13.2 Å². The fraction of sp³-hybridized carbons (Fsp3) is 0.600. The number of aromatic nitrogens is 1. The van der Waals surface area contributed by atoms with Gasteiger partial charge < -0.3 is 15.4 Å². The number of ether oxygens (including phenoxy) is 1. The molecule has 134 valence electrons. The van der Waals surface area contributed by atoms with E-state index in [0.29, 0.717) is 37.9 Å². The number of nitrogens with one attached hydrogen (secondary N) is 2. The number of rotatable bonds is 5. The van der Waals surface area contributed by atoms with Crippen LogP contribution >= 0.6 is 0 Å². The number of halogens is 3. The molecule has 24 heavy (non-hydrogen) atoms. The van der Waals surface area contributed by atoms with Crippen LogP contribution in [0.2, 0.25) is 0 Å². The van der Waals surface area contributed by atoms with Crippen molar-refractivity contribution in [3.63, 3.8) is 0 Å². The van der Waals surface area contributed by atoms with Crippen molar-refractivity contribution < 1.29 is 17.9 Å². The summed E-state index contributed by atoms with van der Waals surface area (Å²) in [5, 5.41) is 6.26. The lowest BCUT2D eigenvalue weighted by Gasteiger charge is -2.19. The van der Waals surface area contributed by atoms with E-state index in [1.807, 2.05) is 12.1 Å². The summed E-state index contributed by atoms with van der Waals surface area (Å²) in [5.41, 5.74) is 0.780. The molecule has 9 heteroatoms. The lowest BCUT2D eigenvalue weighted by Crippen LogP contribution is -2.45. The van der Waals surface area contributed by atoms with Gasteiger partial charge >= 0.3 is 6.18 Å². The average molecular weight is 345 g/mol. The molecule has 1 fully saturated rings. The molecule has 0 amide bonds. The summed E-state index contributed by atoms with van der Waals surface area (Å²) in [6, 6.07) is 5.38. The Balaban J connectivity index is 1.80. The van der Waals surface area contributed by atoms with Crippen molar-refractivity contribution >= 4 is 5.96 Å². The van der Waals surface area contributed by atoms with Gasteiger partial charge in [-0.3, -0.25) is 9.89 Å². The Bertz CT molecular complexity index is 564. The molecule has 1 unspecified atom stereocenters. The van der Waals surface area contributed by atoms with Crippen LogP contribution in [-0.2, 0) is 6.54 Å². The number of aliphatic imine (C=N–C) groups is 1. The van der Waals surface area contributed by atoms with Gasteiger partial charge in [0.05, 0.1) is 25.9 Å². The van der Waals surface area contributed by atoms with Gasteiger partial charge in [0.2, 0.25) is 5.88 Å². The van der Waals surface area contributed by atoms with Crippen LogP contribution in [0.1, 0.15) is 12.1 Å². The minimum atomic E-state index is -4.16. The van der Waals surface area contributed by atoms with E-state index in [4.69, 9.17) is 4.74 Å². The molecule has 2 rings (SSSR count). The van der Waals surface area contributed by atoms with Crippen LogP contribution in [0.25, 0.3) is 0 Å². The highest BCUT2D eigenvalue weighted by Gasteiger charge is 2.34. The number of hydrogen-bond acceptors (Lipinski definition) is 4. The van der Waals surface area contributed by atoms with Gasteiger partial charge in [-0.25, -0.2) is 4.98 Å². The van der Waals surface area contributed by atoms with E-state index in [1.165, 1.54) is 4.90 Å². The Hall–Kier alpha value is -2.03. The number of nitrogens with zero attached hydrogens (tertiary/aromatic N) is 3. The third kappa shape index (κ3) is 5.88. The van der Waals surface area contributed by atoms with Crippen molar-refractivity contribution in [1.82, 2.24) is 20.5 Å². The summed E-state index contributed by atoms with van der Waals surface area (Å²) in [6.07, 6.45) is -3.51. The van der Waals surface area contributed by atoms with Crippen LogP contribution in [0.3, 0.4) is 0 Å². The first kappa shape index (κ1) is 18.3. The Kier molecular flexibility index (Phi) is 6.24. The molecular formula is C15H22F3N5O. The number of methoxy groups -OCH3 is 1. The second-order valence-electron chi connectivity index (χ2n) is 5.58. The molecule has 1 aliphatic rings. The minimum absolute atomic E-state index is 0.0585. The van der Waals surface area contributed by atoms with Crippen molar-refractivity contribution in [2.45, 2.75) is 25.2 Å². The molecule has 2 N–H and O–H groups in total. The predicted molar refractivity (Wildman–Crippen MR) is 85.0 cm³/mol. The van der Waals surface area contributed by atoms with Crippen LogP contribution in [0.15, 0.2) is 23.2 Å². The van der Waals surface area contributed by atoms with Gasteiger partial charge in [0.15, 0.2) is 5.96 Å². The minimum Gasteiger partial charge on any atom is -0.481 e. The van der Waals surface area contributed by atoms with Crippen LogP contribution in [0.4, 0.5) is 13.2 Å². The zero-order valence-corrected chi connectivity index (χ0v) is 13.7. The fourth-order valence-electron chi connectivity index (χ4n) is 2.58. The maximum atomic E-state index is 12.4. The van der Waals surface area contributed by atoms with Crippen LogP contribution in [0, 0.1) is 0 Å². The number of pyridine rings is 1. The molecule has 1 saturated heterocycles. The topological polar surface area (TPSA) is 61.8 Å². The van der Waals surface area contributed by atoms with E-state index in [0.717, 1.165) is 5.69 Å². The second-order valence-corrected chi connectivity index (χ2v) is 5.58. The Labute approximate surface area is 139 Å². The van der Waals surface area contributed by atoms with Crippen molar-refractivity contribution in [2.24, 2.45) is 4.99 Å². The van der Waals surface area contributed by atoms with Crippen molar-refractivity contribution in [2.75, 3.05) is 33.8 Å². The molecule has 0 saturated carbocycles. The van der Waals surface area contributed by atoms with Gasteiger partial charge in [0, 0.05) is 32.2 Å². The molecule has 0 spiro atoms. The molecule has 2 heterocycles. The zero-order chi connectivity index (χ0) is 17.6. The Morgan fingerprint density at radius 1 is 1.46 bits per heavy atom. The third-order valence-corrected chi connectivity index (χ3v) is 3.67. The maximum absolute atomic E-state index is 12.4.